The van der Waals surface area contributed by atoms with Crippen LogP contribution in [0.25, 0.3) is 0 Å². The average Bonchev–Trinajstić information content (AvgIpc) is 3.00. The van der Waals surface area contributed by atoms with Crippen molar-refractivity contribution < 1.29 is 19.1 Å². The Kier molecular flexibility index (Phi) is 8.15. The maximum absolute atomic E-state index is 12.5. The van der Waals surface area contributed by atoms with Crippen LogP contribution in [0.15, 0.2) is 42.6 Å². The van der Waals surface area contributed by atoms with E-state index in [9.17, 15) is 14.4 Å². The number of pyridine rings is 1. The first-order valence-corrected chi connectivity index (χ1v) is 10.7. The Morgan fingerprint density at radius 1 is 0.969 bits per heavy atom. The molecule has 0 spiro atoms. The normalized spacial score (nSPS) is 14.4. The number of nitrogens with one attached hydrogen (secondary N) is 2. The molecule has 170 valence electrons. The molecular weight excluding hydrogens is 410 g/mol. The van der Waals surface area contributed by atoms with E-state index in [0.29, 0.717) is 30.1 Å². The fourth-order valence-corrected chi connectivity index (χ4v) is 3.51. The summed E-state index contributed by atoms with van der Waals surface area (Å²) in [5, 5.41) is 5.59. The van der Waals surface area contributed by atoms with Crippen molar-refractivity contribution in [1.82, 2.24) is 9.88 Å². The Morgan fingerprint density at radius 2 is 1.69 bits per heavy atom. The third kappa shape index (κ3) is 6.78. The van der Waals surface area contributed by atoms with E-state index in [1.165, 1.54) is 6.92 Å². The van der Waals surface area contributed by atoms with Crippen molar-refractivity contribution in [3.8, 4) is 0 Å². The fourth-order valence-electron chi connectivity index (χ4n) is 3.51. The van der Waals surface area contributed by atoms with Gasteiger partial charge in [0.1, 0.15) is 5.82 Å². The number of ether oxygens (including phenoxy) is 1. The lowest BCUT2D eigenvalue weighted by atomic mass is 10.2. The van der Waals surface area contributed by atoms with Gasteiger partial charge >= 0.3 is 5.97 Å². The topological polar surface area (TPSA) is 104 Å². The minimum atomic E-state index is -0.371. The number of carbonyl (C=O) groups is 3. The van der Waals surface area contributed by atoms with Gasteiger partial charge in [-0.1, -0.05) is 0 Å². The third-order valence-corrected chi connectivity index (χ3v) is 5.03. The van der Waals surface area contributed by atoms with Crippen molar-refractivity contribution in [1.29, 1.82) is 0 Å². The van der Waals surface area contributed by atoms with Crippen molar-refractivity contribution in [2.45, 2.75) is 20.3 Å². The quantitative estimate of drug-likeness (QED) is 0.638. The molecule has 1 aromatic heterocycles. The monoisotopic (exact) mass is 439 g/mol. The third-order valence-electron chi connectivity index (χ3n) is 5.03. The standard InChI is InChI=1S/C23H29N5O4/c1-3-32-23(31)18-5-10-21(24-15-18)28-12-4-11-27(13-14-28)16-22(30)26-20-8-6-19(7-9-20)25-17(2)29/h5-10,15H,3-4,11-14,16H2,1-2H3,(H,25,29)(H,26,30). The van der Waals surface area contributed by atoms with Crippen LogP contribution in [-0.4, -0.2) is 67.0 Å². The van der Waals surface area contributed by atoms with E-state index in [4.69, 9.17) is 4.74 Å². The molecule has 32 heavy (non-hydrogen) atoms. The van der Waals surface area contributed by atoms with Gasteiger partial charge < -0.3 is 20.3 Å². The van der Waals surface area contributed by atoms with Gasteiger partial charge in [0.05, 0.1) is 18.7 Å². The number of aromatic nitrogens is 1. The molecular formula is C23H29N5O4. The number of hydrogen-bond acceptors (Lipinski definition) is 7. The largest absolute Gasteiger partial charge is 0.462 e. The molecule has 2 aromatic rings. The molecule has 0 bridgehead atoms. The van der Waals surface area contributed by atoms with E-state index in [-0.39, 0.29) is 17.8 Å². The molecule has 1 saturated heterocycles. The molecule has 3 rings (SSSR count). The summed E-state index contributed by atoms with van der Waals surface area (Å²) < 4.78 is 4.99. The van der Waals surface area contributed by atoms with Gasteiger partial charge in [-0.3, -0.25) is 14.5 Å². The van der Waals surface area contributed by atoms with Crippen LogP contribution < -0.4 is 15.5 Å². The van der Waals surface area contributed by atoms with Crippen LogP contribution in [-0.2, 0) is 14.3 Å². The van der Waals surface area contributed by atoms with Crippen molar-refractivity contribution >= 4 is 35.0 Å². The Bertz CT molecular complexity index is 930. The molecule has 0 saturated carbocycles. The highest BCUT2D eigenvalue weighted by Gasteiger charge is 2.18. The van der Waals surface area contributed by atoms with Gasteiger partial charge in [0.25, 0.3) is 0 Å². The first kappa shape index (κ1) is 23.2. The van der Waals surface area contributed by atoms with Crippen LogP contribution in [0.2, 0.25) is 0 Å². The molecule has 0 atom stereocenters. The van der Waals surface area contributed by atoms with Crippen LogP contribution in [0.5, 0.6) is 0 Å². The number of hydrogen-bond donors (Lipinski definition) is 2. The second-order valence-corrected chi connectivity index (χ2v) is 7.55. The Morgan fingerprint density at radius 3 is 2.31 bits per heavy atom. The first-order chi connectivity index (χ1) is 15.4. The highest BCUT2D eigenvalue weighted by Crippen LogP contribution is 2.16. The van der Waals surface area contributed by atoms with E-state index in [0.717, 1.165) is 38.4 Å². The van der Waals surface area contributed by atoms with Crippen LogP contribution in [0, 0.1) is 0 Å². The smallest absolute Gasteiger partial charge is 0.339 e. The van der Waals surface area contributed by atoms with Gasteiger partial charge in [-0.2, -0.15) is 0 Å². The lowest BCUT2D eigenvalue weighted by molar-refractivity contribution is -0.117. The van der Waals surface area contributed by atoms with Gasteiger partial charge in [0.15, 0.2) is 0 Å². The maximum Gasteiger partial charge on any atom is 0.339 e. The van der Waals surface area contributed by atoms with Crippen LogP contribution in [0.3, 0.4) is 0 Å². The van der Waals surface area contributed by atoms with Crippen molar-refractivity contribution in [3.05, 3.63) is 48.2 Å². The molecule has 1 aliphatic heterocycles. The summed E-state index contributed by atoms with van der Waals surface area (Å²) in [6, 6.07) is 10.6. The van der Waals surface area contributed by atoms with Gasteiger partial charge in [-0.05, 0) is 49.7 Å². The predicted octanol–water partition coefficient (Wildman–Crippen LogP) is 2.37. The zero-order valence-corrected chi connectivity index (χ0v) is 18.5. The van der Waals surface area contributed by atoms with E-state index in [2.05, 4.69) is 25.4 Å². The van der Waals surface area contributed by atoms with Crippen LogP contribution >= 0.6 is 0 Å². The lowest BCUT2D eigenvalue weighted by Crippen LogP contribution is -2.36. The zero-order valence-electron chi connectivity index (χ0n) is 18.5. The first-order valence-electron chi connectivity index (χ1n) is 10.7. The summed E-state index contributed by atoms with van der Waals surface area (Å²) in [5.74, 6) is 0.220. The van der Waals surface area contributed by atoms with Gasteiger partial charge in [-0.25, -0.2) is 9.78 Å². The number of anilines is 3. The molecule has 9 heteroatoms. The Labute approximate surface area is 187 Å². The molecule has 2 N–H and O–H groups in total. The highest BCUT2D eigenvalue weighted by molar-refractivity contribution is 5.93. The second-order valence-electron chi connectivity index (χ2n) is 7.55. The summed E-state index contributed by atoms with van der Waals surface area (Å²) >= 11 is 0. The summed E-state index contributed by atoms with van der Waals surface area (Å²) in [6.45, 7) is 6.97. The van der Waals surface area contributed by atoms with Crippen LogP contribution in [0.1, 0.15) is 30.6 Å². The van der Waals surface area contributed by atoms with E-state index >= 15 is 0 Å². The van der Waals surface area contributed by atoms with Crippen molar-refractivity contribution in [3.63, 3.8) is 0 Å². The number of benzene rings is 1. The minimum absolute atomic E-state index is 0.0809. The fraction of sp³-hybridized carbons (Fsp3) is 0.391. The zero-order chi connectivity index (χ0) is 22.9. The number of nitrogens with zero attached hydrogens (tertiary/aromatic N) is 3. The van der Waals surface area contributed by atoms with Crippen molar-refractivity contribution in [2.75, 3.05) is 54.9 Å². The van der Waals surface area contributed by atoms with E-state index in [1.807, 2.05) is 6.07 Å². The van der Waals surface area contributed by atoms with Gasteiger partial charge in [0.2, 0.25) is 11.8 Å². The molecule has 0 radical (unpaired) electrons. The van der Waals surface area contributed by atoms with Crippen LogP contribution in [0.4, 0.5) is 17.2 Å². The Hall–Kier alpha value is -3.46. The summed E-state index contributed by atoms with van der Waals surface area (Å²) in [6.07, 6.45) is 2.45. The molecule has 0 unspecified atom stereocenters. The summed E-state index contributed by atoms with van der Waals surface area (Å²) in [4.78, 5) is 44.0. The highest BCUT2D eigenvalue weighted by atomic mass is 16.5. The molecule has 1 aromatic carbocycles. The lowest BCUT2D eigenvalue weighted by Gasteiger charge is -2.22. The molecule has 1 fully saturated rings. The second kappa shape index (κ2) is 11.2. The average molecular weight is 440 g/mol. The predicted molar refractivity (Wildman–Crippen MR) is 123 cm³/mol. The molecule has 2 amide bonds. The van der Waals surface area contributed by atoms with Gasteiger partial charge in [0, 0.05) is 50.7 Å². The van der Waals surface area contributed by atoms with Crippen molar-refractivity contribution in [2.24, 2.45) is 0 Å². The summed E-state index contributed by atoms with van der Waals surface area (Å²) in [5.41, 5.74) is 1.81. The number of carbonyl (C=O) groups excluding carboxylic acids is 3. The molecule has 0 aliphatic carbocycles. The summed E-state index contributed by atoms with van der Waals surface area (Å²) in [7, 11) is 0. The van der Waals surface area contributed by atoms with E-state index in [1.54, 1.807) is 43.5 Å². The molecule has 1 aliphatic rings. The van der Waals surface area contributed by atoms with E-state index < -0.39 is 0 Å². The number of esters is 1. The number of amides is 2. The number of rotatable bonds is 7. The molecule has 9 nitrogen and oxygen atoms in total. The van der Waals surface area contributed by atoms with Gasteiger partial charge in [-0.15, -0.1) is 0 Å². The Balaban J connectivity index is 1.49. The maximum atomic E-state index is 12.5. The minimum Gasteiger partial charge on any atom is -0.462 e. The SMILES string of the molecule is CCOC(=O)c1ccc(N2CCCN(CC(=O)Nc3ccc(NC(C)=O)cc3)CC2)nc1. The molecule has 2 heterocycles.